The Bertz CT molecular complexity index is 1510. The van der Waals surface area contributed by atoms with E-state index in [-0.39, 0.29) is 23.4 Å². The van der Waals surface area contributed by atoms with Crippen molar-refractivity contribution in [3.05, 3.63) is 92.4 Å². The number of halogens is 3. The van der Waals surface area contributed by atoms with Crippen LogP contribution in [0.5, 0.6) is 0 Å². The number of sulfonamides is 1. The molecule has 0 saturated heterocycles. The molecule has 0 aliphatic heterocycles. The van der Waals surface area contributed by atoms with Crippen LogP contribution < -0.4 is 9.62 Å². The summed E-state index contributed by atoms with van der Waals surface area (Å²) in [6.07, 6.45) is 4.98. The summed E-state index contributed by atoms with van der Waals surface area (Å²) in [7, 11) is -4.16. The Labute approximate surface area is 266 Å². The van der Waals surface area contributed by atoms with Gasteiger partial charge in [-0.3, -0.25) is 13.9 Å². The summed E-state index contributed by atoms with van der Waals surface area (Å²) in [6.45, 7) is 2.88. The lowest BCUT2D eigenvalue weighted by Crippen LogP contribution is -2.53. The topological polar surface area (TPSA) is 86.8 Å². The fourth-order valence-corrected chi connectivity index (χ4v) is 7.31. The molecule has 0 bridgehead atoms. The highest BCUT2D eigenvalue weighted by atomic mass is 79.9. The first-order valence-electron chi connectivity index (χ1n) is 13.8. The second-order valence-corrected chi connectivity index (χ2v) is 14.1. The fourth-order valence-electron chi connectivity index (χ4n) is 5.00. The van der Waals surface area contributed by atoms with Gasteiger partial charge >= 0.3 is 0 Å². The minimum atomic E-state index is -4.16. The minimum Gasteiger partial charge on any atom is -0.352 e. The van der Waals surface area contributed by atoms with Crippen molar-refractivity contribution in [2.75, 3.05) is 10.8 Å². The number of benzene rings is 3. The molecule has 1 fully saturated rings. The number of hydrogen-bond donors (Lipinski definition) is 1. The van der Waals surface area contributed by atoms with Crippen LogP contribution in [0.3, 0.4) is 0 Å². The third kappa shape index (κ3) is 7.86. The molecule has 42 heavy (non-hydrogen) atoms. The number of aryl methyl sites for hydroxylation is 1. The molecule has 0 spiro atoms. The van der Waals surface area contributed by atoms with E-state index >= 15 is 0 Å². The third-order valence-electron chi connectivity index (χ3n) is 7.49. The highest BCUT2D eigenvalue weighted by molar-refractivity contribution is 9.10. The summed E-state index contributed by atoms with van der Waals surface area (Å²) < 4.78 is 29.6. The molecular formula is C31H34BrCl2N3O4S. The molecule has 1 aliphatic carbocycles. The quantitative estimate of drug-likeness (QED) is 0.245. The van der Waals surface area contributed by atoms with E-state index in [1.165, 1.54) is 17.0 Å². The van der Waals surface area contributed by atoms with Crippen molar-refractivity contribution in [3.63, 3.8) is 0 Å². The normalized spacial score (nSPS) is 14.7. The lowest BCUT2D eigenvalue weighted by molar-refractivity contribution is -0.139. The number of rotatable bonds is 10. The van der Waals surface area contributed by atoms with Crippen LogP contribution in [0.25, 0.3) is 0 Å². The average Bonchev–Trinajstić information content (AvgIpc) is 2.96. The average molecular weight is 696 g/mol. The van der Waals surface area contributed by atoms with Crippen LogP contribution in [0.15, 0.2) is 76.1 Å². The standard InChI is InChI=1S/C31H34BrCl2N3O4S/c1-21-14-16-26(17-15-21)42(40,41)37(25-11-6-8-23(32)18-25)20-30(38)36(19-27-28(33)12-7-13-29(27)34)22(2)31(39)35-24-9-4-3-5-10-24/h6-8,11-18,22,24H,3-5,9-10,19-20H2,1-2H3,(H,35,39). The molecule has 0 radical (unpaired) electrons. The van der Waals surface area contributed by atoms with E-state index in [9.17, 15) is 18.0 Å². The summed E-state index contributed by atoms with van der Waals surface area (Å²) in [6, 6.07) is 17.3. The Kier molecular flexibility index (Phi) is 11.0. The van der Waals surface area contributed by atoms with Gasteiger partial charge in [-0.15, -0.1) is 0 Å². The number of hydrogen-bond acceptors (Lipinski definition) is 4. The van der Waals surface area contributed by atoms with Crippen LogP contribution >= 0.6 is 39.1 Å². The van der Waals surface area contributed by atoms with Crippen molar-refractivity contribution >= 4 is 66.7 Å². The molecule has 0 heterocycles. The second kappa shape index (κ2) is 14.3. The van der Waals surface area contributed by atoms with Gasteiger partial charge in [0.25, 0.3) is 10.0 Å². The highest BCUT2D eigenvalue weighted by Crippen LogP contribution is 2.29. The Morgan fingerprint density at radius 2 is 1.60 bits per heavy atom. The van der Waals surface area contributed by atoms with Gasteiger partial charge in [-0.2, -0.15) is 0 Å². The van der Waals surface area contributed by atoms with Gasteiger partial charge in [0.2, 0.25) is 11.8 Å². The number of carbonyl (C=O) groups excluding carboxylic acids is 2. The Balaban J connectivity index is 1.71. The van der Waals surface area contributed by atoms with Gasteiger partial charge in [0.15, 0.2) is 0 Å². The Morgan fingerprint density at radius 3 is 2.21 bits per heavy atom. The first kappa shape index (κ1) is 32.3. The van der Waals surface area contributed by atoms with E-state index in [2.05, 4.69) is 21.2 Å². The number of nitrogens with zero attached hydrogens (tertiary/aromatic N) is 2. The zero-order valence-electron chi connectivity index (χ0n) is 23.5. The molecule has 7 nitrogen and oxygen atoms in total. The molecule has 2 amide bonds. The maximum Gasteiger partial charge on any atom is 0.264 e. The SMILES string of the molecule is Cc1ccc(S(=O)(=O)N(CC(=O)N(Cc2c(Cl)cccc2Cl)C(C)C(=O)NC2CCCCC2)c2cccc(Br)c2)cc1. The van der Waals surface area contributed by atoms with Crippen molar-refractivity contribution < 1.29 is 18.0 Å². The van der Waals surface area contributed by atoms with Crippen LogP contribution in [0.4, 0.5) is 5.69 Å². The van der Waals surface area contributed by atoms with Crippen molar-refractivity contribution in [2.24, 2.45) is 0 Å². The molecule has 3 aromatic rings. The zero-order valence-corrected chi connectivity index (χ0v) is 27.4. The van der Waals surface area contributed by atoms with E-state index in [0.717, 1.165) is 42.0 Å². The van der Waals surface area contributed by atoms with Gasteiger partial charge in [0, 0.05) is 32.7 Å². The second-order valence-electron chi connectivity index (χ2n) is 10.5. The van der Waals surface area contributed by atoms with Gasteiger partial charge in [-0.1, -0.05) is 88.2 Å². The van der Waals surface area contributed by atoms with E-state index in [1.54, 1.807) is 61.5 Å². The number of anilines is 1. The van der Waals surface area contributed by atoms with Gasteiger partial charge in [0.1, 0.15) is 12.6 Å². The van der Waals surface area contributed by atoms with Gasteiger partial charge in [-0.05, 0) is 69.2 Å². The first-order chi connectivity index (χ1) is 20.0. The van der Waals surface area contributed by atoms with Crippen molar-refractivity contribution in [1.29, 1.82) is 0 Å². The van der Waals surface area contributed by atoms with Crippen LogP contribution in [0, 0.1) is 6.92 Å². The number of amides is 2. The smallest absolute Gasteiger partial charge is 0.264 e. The van der Waals surface area contributed by atoms with E-state index < -0.39 is 28.5 Å². The summed E-state index contributed by atoms with van der Waals surface area (Å²) in [4.78, 5) is 29.0. The number of nitrogens with one attached hydrogen (secondary N) is 1. The van der Waals surface area contributed by atoms with E-state index in [4.69, 9.17) is 23.2 Å². The van der Waals surface area contributed by atoms with Gasteiger partial charge in [0.05, 0.1) is 10.6 Å². The van der Waals surface area contributed by atoms with E-state index in [0.29, 0.717) is 25.8 Å². The predicted octanol–water partition coefficient (Wildman–Crippen LogP) is 7.13. The minimum absolute atomic E-state index is 0.0367. The third-order valence-corrected chi connectivity index (χ3v) is 10.5. The summed E-state index contributed by atoms with van der Waals surface area (Å²) >= 11 is 16.3. The molecule has 1 N–H and O–H groups in total. The highest BCUT2D eigenvalue weighted by Gasteiger charge is 2.34. The van der Waals surface area contributed by atoms with Crippen molar-refractivity contribution in [2.45, 2.75) is 69.5 Å². The first-order valence-corrected chi connectivity index (χ1v) is 16.8. The number of carbonyl (C=O) groups is 2. The molecule has 224 valence electrons. The van der Waals surface area contributed by atoms with Crippen molar-refractivity contribution in [1.82, 2.24) is 10.2 Å². The molecular weight excluding hydrogens is 661 g/mol. The maximum atomic E-state index is 14.2. The van der Waals surface area contributed by atoms with E-state index in [1.807, 2.05) is 6.92 Å². The molecule has 4 rings (SSSR count). The fraction of sp³-hybridized carbons (Fsp3) is 0.355. The van der Waals surface area contributed by atoms with Gasteiger partial charge in [-0.25, -0.2) is 8.42 Å². The molecule has 1 aliphatic rings. The lowest BCUT2D eigenvalue weighted by Gasteiger charge is -2.33. The molecule has 0 aromatic heterocycles. The predicted molar refractivity (Wildman–Crippen MR) is 171 cm³/mol. The Morgan fingerprint density at radius 1 is 0.976 bits per heavy atom. The molecule has 3 aromatic carbocycles. The molecule has 11 heteroatoms. The Hall–Kier alpha value is -2.59. The largest absolute Gasteiger partial charge is 0.352 e. The van der Waals surface area contributed by atoms with Gasteiger partial charge < -0.3 is 10.2 Å². The summed E-state index contributed by atoms with van der Waals surface area (Å²) in [5.41, 5.74) is 1.68. The molecule has 1 atom stereocenters. The summed E-state index contributed by atoms with van der Waals surface area (Å²) in [5, 5.41) is 3.77. The lowest BCUT2D eigenvalue weighted by atomic mass is 9.95. The molecule has 1 unspecified atom stereocenters. The van der Waals surface area contributed by atoms with Crippen molar-refractivity contribution in [3.8, 4) is 0 Å². The van der Waals surface area contributed by atoms with Crippen LogP contribution in [-0.2, 0) is 26.2 Å². The van der Waals surface area contributed by atoms with Crippen LogP contribution in [0.1, 0.15) is 50.2 Å². The monoisotopic (exact) mass is 693 g/mol. The van der Waals surface area contributed by atoms with Crippen LogP contribution in [0.2, 0.25) is 10.0 Å². The summed E-state index contributed by atoms with van der Waals surface area (Å²) in [5.74, 6) is -0.887. The van der Waals surface area contributed by atoms with Crippen LogP contribution in [-0.4, -0.2) is 43.8 Å². The molecule has 1 saturated carbocycles. The maximum absolute atomic E-state index is 14.2. The zero-order chi connectivity index (χ0) is 30.4.